The van der Waals surface area contributed by atoms with Gasteiger partial charge in [0.2, 0.25) is 0 Å². The molecule has 0 spiro atoms. The Labute approximate surface area is 114 Å². The summed E-state index contributed by atoms with van der Waals surface area (Å²) in [6.45, 7) is 9.15. The van der Waals surface area contributed by atoms with Gasteiger partial charge in [0.1, 0.15) is 5.76 Å². The first-order chi connectivity index (χ1) is 8.99. The average Bonchev–Trinajstić information content (AvgIpc) is 2.66. The zero-order valence-corrected chi connectivity index (χ0v) is 12.1. The summed E-state index contributed by atoms with van der Waals surface area (Å²) in [5, 5.41) is 4.25. The molecule has 0 unspecified atom stereocenters. The number of rotatable bonds is 5. The number of fused-ring (bicyclic) bond motifs is 1. The van der Waals surface area contributed by atoms with Crippen molar-refractivity contribution in [1.82, 2.24) is 5.32 Å². The van der Waals surface area contributed by atoms with Gasteiger partial charge >= 0.3 is 0 Å². The van der Waals surface area contributed by atoms with Gasteiger partial charge in [-0.3, -0.25) is 0 Å². The fraction of sp³-hybridized carbons (Fsp3) is 0.500. The highest BCUT2D eigenvalue weighted by Gasteiger charge is 2.17. The van der Waals surface area contributed by atoms with Gasteiger partial charge in [0.15, 0.2) is 11.4 Å². The summed E-state index contributed by atoms with van der Waals surface area (Å²) in [6.07, 6.45) is 0.908. The molecule has 2 nitrogen and oxygen atoms in total. The van der Waals surface area contributed by atoms with Crippen molar-refractivity contribution in [1.29, 1.82) is 0 Å². The van der Waals surface area contributed by atoms with E-state index in [0.29, 0.717) is 24.1 Å². The molecule has 0 saturated heterocycles. The van der Waals surface area contributed by atoms with Crippen molar-refractivity contribution >= 4 is 11.0 Å². The van der Waals surface area contributed by atoms with E-state index in [1.54, 1.807) is 6.07 Å². The van der Waals surface area contributed by atoms with Gasteiger partial charge in [-0.25, -0.2) is 4.39 Å². The highest BCUT2D eigenvalue weighted by atomic mass is 19.1. The van der Waals surface area contributed by atoms with Gasteiger partial charge in [0, 0.05) is 17.0 Å². The standard InChI is InChI=1S/C16H22FNO/c1-10(2)8-13-12-6-5-7-14(17)16(12)19-15(13)9-18-11(3)4/h5-7,10-11,18H,8-9H2,1-4H3. The Morgan fingerprint density at radius 3 is 2.58 bits per heavy atom. The third-order valence-corrected chi connectivity index (χ3v) is 3.14. The second kappa shape index (κ2) is 5.74. The molecule has 2 rings (SSSR count). The molecule has 19 heavy (non-hydrogen) atoms. The minimum Gasteiger partial charge on any atom is -0.456 e. The highest BCUT2D eigenvalue weighted by molar-refractivity contribution is 5.82. The van der Waals surface area contributed by atoms with Crippen LogP contribution in [0.3, 0.4) is 0 Å². The van der Waals surface area contributed by atoms with E-state index in [2.05, 4.69) is 33.0 Å². The number of benzene rings is 1. The molecular weight excluding hydrogens is 241 g/mol. The molecule has 1 aromatic carbocycles. The molecule has 1 N–H and O–H groups in total. The molecular formula is C16H22FNO. The van der Waals surface area contributed by atoms with Gasteiger partial charge in [0.25, 0.3) is 0 Å². The Hall–Kier alpha value is -1.35. The summed E-state index contributed by atoms with van der Waals surface area (Å²) in [5.74, 6) is 1.10. The number of hydrogen-bond donors (Lipinski definition) is 1. The van der Waals surface area contributed by atoms with E-state index in [1.165, 1.54) is 6.07 Å². The third-order valence-electron chi connectivity index (χ3n) is 3.14. The van der Waals surface area contributed by atoms with Crippen LogP contribution in [0, 0.1) is 11.7 Å². The summed E-state index contributed by atoms with van der Waals surface area (Å²) < 4.78 is 19.5. The number of furan rings is 1. The van der Waals surface area contributed by atoms with Gasteiger partial charge in [-0.2, -0.15) is 0 Å². The van der Waals surface area contributed by atoms with E-state index in [9.17, 15) is 4.39 Å². The van der Waals surface area contributed by atoms with Crippen LogP contribution in [-0.2, 0) is 13.0 Å². The predicted molar refractivity (Wildman–Crippen MR) is 76.7 cm³/mol. The van der Waals surface area contributed by atoms with Crippen molar-refractivity contribution < 1.29 is 8.81 Å². The van der Waals surface area contributed by atoms with Gasteiger partial charge in [0.05, 0.1) is 6.54 Å². The van der Waals surface area contributed by atoms with Crippen LogP contribution in [-0.4, -0.2) is 6.04 Å². The highest BCUT2D eigenvalue weighted by Crippen LogP contribution is 2.30. The zero-order valence-electron chi connectivity index (χ0n) is 12.1. The molecule has 104 valence electrons. The molecule has 0 aliphatic rings. The first-order valence-electron chi connectivity index (χ1n) is 6.91. The quantitative estimate of drug-likeness (QED) is 0.871. The summed E-state index contributed by atoms with van der Waals surface area (Å²) >= 11 is 0. The molecule has 0 radical (unpaired) electrons. The molecule has 0 amide bonds. The number of halogens is 1. The molecule has 0 fully saturated rings. The fourth-order valence-corrected chi connectivity index (χ4v) is 2.26. The van der Waals surface area contributed by atoms with E-state index >= 15 is 0 Å². The van der Waals surface area contributed by atoms with Gasteiger partial charge in [-0.1, -0.05) is 39.8 Å². The van der Waals surface area contributed by atoms with Crippen molar-refractivity contribution in [3.8, 4) is 0 Å². The van der Waals surface area contributed by atoms with Crippen molar-refractivity contribution in [3.63, 3.8) is 0 Å². The number of para-hydroxylation sites is 1. The predicted octanol–water partition coefficient (Wildman–Crippen LogP) is 4.27. The normalized spacial score (nSPS) is 11.9. The molecule has 1 aromatic heterocycles. The van der Waals surface area contributed by atoms with Crippen molar-refractivity contribution in [2.24, 2.45) is 5.92 Å². The lowest BCUT2D eigenvalue weighted by molar-refractivity contribution is 0.468. The van der Waals surface area contributed by atoms with Crippen LogP contribution in [0.15, 0.2) is 22.6 Å². The summed E-state index contributed by atoms with van der Waals surface area (Å²) in [4.78, 5) is 0. The van der Waals surface area contributed by atoms with Crippen LogP contribution >= 0.6 is 0 Å². The monoisotopic (exact) mass is 263 g/mol. The van der Waals surface area contributed by atoms with Crippen LogP contribution in [0.5, 0.6) is 0 Å². The van der Waals surface area contributed by atoms with Crippen molar-refractivity contribution in [3.05, 3.63) is 35.3 Å². The fourth-order valence-electron chi connectivity index (χ4n) is 2.26. The van der Waals surface area contributed by atoms with E-state index in [-0.39, 0.29) is 5.82 Å². The molecule has 2 aromatic rings. The first kappa shape index (κ1) is 14.1. The second-order valence-electron chi connectivity index (χ2n) is 5.75. The Bertz CT molecular complexity index is 557. The maximum Gasteiger partial charge on any atom is 0.170 e. The number of hydrogen-bond acceptors (Lipinski definition) is 2. The Morgan fingerprint density at radius 1 is 1.21 bits per heavy atom. The van der Waals surface area contributed by atoms with E-state index in [0.717, 1.165) is 23.1 Å². The SMILES string of the molecule is CC(C)Cc1c(CNC(C)C)oc2c(F)cccc12. The lowest BCUT2D eigenvalue weighted by atomic mass is 9.99. The van der Waals surface area contributed by atoms with Crippen LogP contribution < -0.4 is 5.32 Å². The average molecular weight is 263 g/mol. The first-order valence-corrected chi connectivity index (χ1v) is 6.91. The zero-order chi connectivity index (χ0) is 14.0. The Morgan fingerprint density at radius 2 is 1.95 bits per heavy atom. The Balaban J connectivity index is 2.45. The topological polar surface area (TPSA) is 25.2 Å². The van der Waals surface area contributed by atoms with E-state index in [4.69, 9.17) is 4.42 Å². The minimum atomic E-state index is -0.279. The van der Waals surface area contributed by atoms with Crippen LogP contribution in [0.25, 0.3) is 11.0 Å². The third kappa shape index (κ3) is 3.16. The van der Waals surface area contributed by atoms with Gasteiger partial charge in [-0.15, -0.1) is 0 Å². The van der Waals surface area contributed by atoms with Gasteiger partial charge in [-0.05, 0) is 18.4 Å². The molecule has 0 bridgehead atoms. The van der Waals surface area contributed by atoms with Crippen molar-refractivity contribution in [2.45, 2.75) is 46.7 Å². The second-order valence-corrected chi connectivity index (χ2v) is 5.75. The largest absolute Gasteiger partial charge is 0.456 e. The lowest BCUT2D eigenvalue weighted by Gasteiger charge is -2.09. The number of nitrogens with one attached hydrogen (secondary N) is 1. The summed E-state index contributed by atoms with van der Waals surface area (Å²) in [5.41, 5.74) is 1.52. The molecule has 0 aliphatic carbocycles. The van der Waals surface area contributed by atoms with Gasteiger partial charge < -0.3 is 9.73 Å². The van der Waals surface area contributed by atoms with Crippen LogP contribution in [0.2, 0.25) is 0 Å². The smallest absolute Gasteiger partial charge is 0.170 e. The van der Waals surface area contributed by atoms with Crippen LogP contribution in [0.1, 0.15) is 39.0 Å². The summed E-state index contributed by atoms with van der Waals surface area (Å²) in [6, 6.07) is 5.52. The lowest BCUT2D eigenvalue weighted by Crippen LogP contribution is -2.22. The minimum absolute atomic E-state index is 0.279. The maximum atomic E-state index is 13.8. The molecule has 0 atom stereocenters. The van der Waals surface area contributed by atoms with Crippen molar-refractivity contribution in [2.75, 3.05) is 0 Å². The molecule has 1 heterocycles. The van der Waals surface area contributed by atoms with Crippen LogP contribution in [0.4, 0.5) is 4.39 Å². The van der Waals surface area contributed by atoms with E-state index < -0.39 is 0 Å². The summed E-state index contributed by atoms with van der Waals surface area (Å²) in [7, 11) is 0. The Kier molecular flexibility index (Phi) is 4.25. The van der Waals surface area contributed by atoms with E-state index in [1.807, 2.05) is 6.07 Å². The molecule has 0 saturated carbocycles. The molecule has 3 heteroatoms. The molecule has 0 aliphatic heterocycles. The maximum absolute atomic E-state index is 13.8.